The van der Waals surface area contributed by atoms with Gasteiger partial charge in [-0.2, -0.15) is 0 Å². The molecule has 0 saturated carbocycles. The second-order valence-corrected chi connectivity index (χ2v) is 12.7. The first kappa shape index (κ1) is 24.2. The standard InChI is InChI=1S/C40H31BN6O/c1-25-10-7-11-26(2)37(25)41-44(4)34-20-21-42-40-39(34)47(41)35-17-9-14-31-30-19-18-29(23-36(30)46(40)38(31)35)48-28-13-8-12-27(22-28)45-24-43(3)32-15-5-6-16-33(32)45/h5-23H,1-4H3/i3D3. The van der Waals surface area contributed by atoms with Crippen molar-refractivity contribution in [3.8, 4) is 23.0 Å². The maximum atomic E-state index is 8.04. The van der Waals surface area contributed by atoms with Gasteiger partial charge >= 0.3 is 6.98 Å². The van der Waals surface area contributed by atoms with Gasteiger partial charge in [0.25, 0.3) is 0 Å². The second-order valence-electron chi connectivity index (χ2n) is 12.7. The minimum atomic E-state index is -2.37. The summed E-state index contributed by atoms with van der Waals surface area (Å²) in [6, 6.07) is 36.5. The highest BCUT2D eigenvalue weighted by atomic mass is 16.5. The molecule has 230 valence electrons. The topological polar surface area (TPSA) is 42.3 Å². The van der Waals surface area contributed by atoms with E-state index in [0.29, 0.717) is 17.0 Å². The summed E-state index contributed by atoms with van der Waals surface area (Å²) in [5, 5.41) is 2.27. The van der Waals surface area contributed by atoms with Crippen LogP contribution in [0.15, 0.2) is 115 Å². The van der Waals surface area contributed by atoms with E-state index in [0.717, 1.165) is 55.9 Å². The highest BCUT2D eigenvalue weighted by molar-refractivity contribution is 6.84. The average Bonchev–Trinajstić information content (AvgIpc) is 3.77. The van der Waals surface area contributed by atoms with Gasteiger partial charge < -0.3 is 23.5 Å². The molecule has 0 fully saturated rings. The number of hydrogen-bond donors (Lipinski definition) is 0. The van der Waals surface area contributed by atoms with Gasteiger partial charge in [-0.15, -0.1) is 0 Å². The SMILES string of the molecule is [2H]C([2H])([2H])[n+]1[c-]n(-c2cccc(Oc3ccc4c5cccc6c5n(c4c3)-c3nccc4c3N6B(c3c(C)cccc3C)N4C)c2)c2ccccc21. The number of imidazole rings is 1. The lowest BCUT2D eigenvalue weighted by Gasteiger charge is -2.33. The van der Waals surface area contributed by atoms with Crippen LogP contribution in [0, 0.1) is 20.2 Å². The van der Waals surface area contributed by atoms with Gasteiger partial charge in [-0.1, -0.05) is 77.9 Å². The molecule has 5 aromatic carbocycles. The fourth-order valence-electron chi connectivity index (χ4n) is 7.92. The second kappa shape index (κ2) is 9.75. The zero-order chi connectivity index (χ0) is 34.8. The van der Waals surface area contributed by atoms with Gasteiger partial charge in [-0.3, -0.25) is 4.57 Å². The maximum Gasteiger partial charge on any atom is 0.416 e. The Morgan fingerprint density at radius 3 is 2.48 bits per heavy atom. The van der Waals surface area contributed by atoms with Gasteiger partial charge in [0.15, 0.2) is 5.82 Å². The number of ether oxygens (including phenoxy) is 1. The Kier molecular flexibility index (Phi) is 4.91. The van der Waals surface area contributed by atoms with E-state index in [1.807, 2.05) is 54.7 Å². The van der Waals surface area contributed by atoms with Gasteiger partial charge in [0.05, 0.1) is 55.9 Å². The predicted molar refractivity (Wildman–Crippen MR) is 194 cm³/mol. The maximum absolute atomic E-state index is 8.04. The molecule has 8 heteroatoms. The predicted octanol–water partition coefficient (Wildman–Crippen LogP) is 7.45. The van der Waals surface area contributed by atoms with Gasteiger partial charge in [-0.25, -0.2) is 4.98 Å². The Labute approximate surface area is 282 Å². The number of aryl methyl sites for hydroxylation is 3. The molecule has 0 bridgehead atoms. The Balaban J connectivity index is 1.11. The summed E-state index contributed by atoms with van der Waals surface area (Å²) in [6.07, 6.45) is 4.95. The molecule has 0 aliphatic carbocycles. The smallest absolute Gasteiger partial charge is 0.416 e. The third kappa shape index (κ3) is 3.60. The van der Waals surface area contributed by atoms with E-state index in [-0.39, 0.29) is 6.98 Å². The third-order valence-corrected chi connectivity index (χ3v) is 10.0. The van der Waals surface area contributed by atoms with Crippen molar-refractivity contribution in [1.29, 1.82) is 0 Å². The highest BCUT2D eigenvalue weighted by Crippen LogP contribution is 2.53. The first-order chi connectivity index (χ1) is 24.7. The van der Waals surface area contributed by atoms with Crippen molar-refractivity contribution in [2.24, 2.45) is 6.98 Å². The lowest BCUT2D eigenvalue weighted by atomic mass is 9.61. The largest absolute Gasteiger partial charge is 0.458 e. The van der Waals surface area contributed by atoms with Crippen molar-refractivity contribution in [3.63, 3.8) is 0 Å². The van der Waals surface area contributed by atoms with Gasteiger partial charge in [0, 0.05) is 23.0 Å². The minimum Gasteiger partial charge on any atom is -0.458 e. The number of pyridine rings is 1. The van der Waals surface area contributed by atoms with Crippen LogP contribution in [-0.4, -0.2) is 28.1 Å². The molecule has 2 aliphatic heterocycles. The third-order valence-electron chi connectivity index (χ3n) is 10.0. The van der Waals surface area contributed by atoms with E-state index in [1.54, 1.807) is 10.6 Å². The Morgan fingerprint density at radius 1 is 0.792 bits per heavy atom. The average molecular weight is 626 g/mol. The molecular weight excluding hydrogens is 591 g/mol. The van der Waals surface area contributed by atoms with E-state index in [4.69, 9.17) is 13.8 Å². The van der Waals surface area contributed by atoms with E-state index in [2.05, 4.69) is 96.0 Å². The monoisotopic (exact) mass is 625 g/mol. The number of para-hydroxylation sites is 3. The summed E-state index contributed by atoms with van der Waals surface area (Å²) >= 11 is 0. The molecule has 5 heterocycles. The van der Waals surface area contributed by atoms with Gasteiger partial charge in [-0.05, 0) is 62.8 Å². The molecule has 0 atom stereocenters. The van der Waals surface area contributed by atoms with E-state index < -0.39 is 6.98 Å². The first-order valence-electron chi connectivity index (χ1n) is 17.6. The zero-order valence-electron chi connectivity index (χ0n) is 29.6. The summed E-state index contributed by atoms with van der Waals surface area (Å²) in [6.45, 7) is 2.01. The van der Waals surface area contributed by atoms with E-state index in [9.17, 15) is 0 Å². The van der Waals surface area contributed by atoms with Gasteiger partial charge in [0.1, 0.15) is 11.5 Å². The van der Waals surface area contributed by atoms with Crippen LogP contribution in [0.5, 0.6) is 11.5 Å². The van der Waals surface area contributed by atoms with Crippen LogP contribution in [0.1, 0.15) is 15.2 Å². The number of fused-ring (bicyclic) bond motifs is 6. The molecule has 0 saturated heterocycles. The molecule has 0 unspecified atom stereocenters. The van der Waals surface area contributed by atoms with Crippen molar-refractivity contribution in [2.75, 3.05) is 16.7 Å². The molecule has 0 spiro atoms. The summed E-state index contributed by atoms with van der Waals surface area (Å²) in [7, 11) is 2.18. The molecule has 0 radical (unpaired) electrons. The van der Waals surface area contributed by atoms with Crippen molar-refractivity contribution < 1.29 is 13.4 Å². The molecule has 2 aliphatic rings. The van der Waals surface area contributed by atoms with Gasteiger partial charge in [0.2, 0.25) is 6.33 Å². The van der Waals surface area contributed by atoms with Crippen molar-refractivity contribution in [2.45, 2.75) is 13.8 Å². The quantitative estimate of drug-likeness (QED) is 0.116. The molecule has 0 amide bonds. The Bertz CT molecular complexity index is 2730. The molecule has 8 aromatic rings. The van der Waals surface area contributed by atoms with E-state index in [1.165, 1.54) is 21.2 Å². The number of rotatable bonds is 4. The van der Waals surface area contributed by atoms with Crippen LogP contribution >= 0.6 is 0 Å². The summed E-state index contributed by atoms with van der Waals surface area (Å²) in [4.78, 5) is 9.87. The number of hydrogen-bond acceptors (Lipinski definition) is 4. The van der Waals surface area contributed by atoms with Crippen LogP contribution in [0.25, 0.3) is 44.3 Å². The highest BCUT2D eigenvalue weighted by Gasteiger charge is 2.47. The molecule has 10 rings (SSSR count). The van der Waals surface area contributed by atoms with Crippen LogP contribution in [-0.2, 0) is 6.98 Å². The first-order valence-corrected chi connectivity index (χ1v) is 16.1. The number of nitrogens with zero attached hydrogens (tertiary/aromatic N) is 6. The molecule has 0 N–H and O–H groups in total. The van der Waals surface area contributed by atoms with Crippen molar-refractivity contribution >= 4 is 62.3 Å². The molecule has 48 heavy (non-hydrogen) atoms. The summed E-state index contributed by atoms with van der Waals surface area (Å²) < 4.78 is 35.9. The zero-order valence-corrected chi connectivity index (χ0v) is 26.6. The van der Waals surface area contributed by atoms with Crippen LogP contribution < -0.4 is 24.4 Å². The fraction of sp³-hybridized carbons (Fsp3) is 0.100. The number of anilines is 3. The molecule has 3 aromatic heterocycles. The molecular formula is C40H31BN6O. The Morgan fingerprint density at radius 2 is 1.60 bits per heavy atom. The fourth-order valence-corrected chi connectivity index (χ4v) is 7.92. The van der Waals surface area contributed by atoms with Crippen molar-refractivity contribution in [1.82, 2.24) is 14.1 Å². The number of aromatic nitrogens is 4. The van der Waals surface area contributed by atoms with E-state index >= 15 is 0 Å². The summed E-state index contributed by atoms with van der Waals surface area (Å²) in [5.74, 6) is 2.19. The lowest BCUT2D eigenvalue weighted by molar-refractivity contribution is -0.649. The lowest BCUT2D eigenvalue weighted by Crippen LogP contribution is -2.55. The molecule has 7 nitrogen and oxygen atoms in total. The van der Waals surface area contributed by atoms with Crippen LogP contribution in [0.3, 0.4) is 0 Å². The number of benzene rings is 5. The minimum absolute atomic E-state index is 0.0170. The Hall–Kier alpha value is -6.02. The normalized spacial score (nSPS) is 14.5. The van der Waals surface area contributed by atoms with Crippen molar-refractivity contribution in [3.05, 3.63) is 133 Å². The van der Waals surface area contributed by atoms with Crippen LogP contribution in [0.2, 0.25) is 0 Å². The summed E-state index contributed by atoms with van der Waals surface area (Å²) in [5.41, 5.74) is 11.4. The van der Waals surface area contributed by atoms with Crippen LogP contribution in [0.4, 0.5) is 17.1 Å².